The Morgan fingerprint density at radius 3 is 0.720 bits per heavy atom. The standard InChI is InChI=1S/C32H60N2O16/c35-29(3-5-31(37)38)33-7-1-9-41-11-13-43-15-17-45-19-21-47-23-25-49-27-28-50-26-24-48-22-20-46-18-16-44-14-12-42-10-2-8-34-30(36)4-6-32(39)40/h1-28H2,(H,33,35)(H,34,36)(H,37,38)(H,39,40). The Bertz CT molecular complexity index is 744. The summed E-state index contributed by atoms with van der Waals surface area (Å²) in [5.41, 5.74) is 0. The summed E-state index contributed by atoms with van der Waals surface area (Å²) in [4.78, 5) is 43.5. The quantitative estimate of drug-likeness (QED) is 0.0603. The smallest absolute Gasteiger partial charge is 0.303 e. The Balaban J connectivity index is 3.12. The molecule has 4 N–H and O–H groups in total. The van der Waals surface area contributed by atoms with Crippen molar-refractivity contribution >= 4 is 23.8 Å². The van der Waals surface area contributed by atoms with Gasteiger partial charge in [-0.05, 0) is 12.8 Å². The van der Waals surface area contributed by atoms with Gasteiger partial charge in [0, 0.05) is 39.1 Å². The van der Waals surface area contributed by atoms with E-state index in [4.69, 9.17) is 57.6 Å². The number of rotatable bonds is 41. The molecule has 0 aliphatic heterocycles. The van der Waals surface area contributed by atoms with Crippen molar-refractivity contribution in [3.05, 3.63) is 0 Å². The Labute approximate surface area is 295 Å². The van der Waals surface area contributed by atoms with Gasteiger partial charge in [-0.2, -0.15) is 0 Å². The second kappa shape index (κ2) is 39.3. The van der Waals surface area contributed by atoms with Gasteiger partial charge in [0.05, 0.1) is 132 Å². The third-order valence-corrected chi connectivity index (χ3v) is 6.06. The van der Waals surface area contributed by atoms with Crippen LogP contribution in [0.1, 0.15) is 38.5 Å². The Morgan fingerprint density at radius 1 is 0.320 bits per heavy atom. The normalized spacial score (nSPS) is 11.1. The summed E-state index contributed by atoms with van der Waals surface area (Å²) >= 11 is 0. The van der Waals surface area contributed by atoms with E-state index in [9.17, 15) is 19.2 Å². The second-order valence-corrected chi connectivity index (χ2v) is 10.3. The molecule has 0 radical (unpaired) electrons. The maximum Gasteiger partial charge on any atom is 0.303 e. The van der Waals surface area contributed by atoms with Gasteiger partial charge in [0.25, 0.3) is 0 Å². The minimum Gasteiger partial charge on any atom is -0.481 e. The molecule has 0 unspecified atom stereocenters. The van der Waals surface area contributed by atoms with Crippen molar-refractivity contribution in [1.82, 2.24) is 10.6 Å². The Hall–Kier alpha value is -2.52. The summed E-state index contributed by atoms with van der Waals surface area (Å²) in [5.74, 6) is -2.52. The molecule has 0 aliphatic rings. The average Bonchev–Trinajstić information content (AvgIpc) is 3.09. The fraction of sp³-hybridized carbons (Fsp3) is 0.875. The van der Waals surface area contributed by atoms with Crippen LogP contribution in [-0.4, -0.2) is 179 Å². The molecule has 0 atom stereocenters. The second-order valence-electron chi connectivity index (χ2n) is 10.3. The summed E-state index contributed by atoms with van der Waals surface area (Å²) in [7, 11) is 0. The highest BCUT2D eigenvalue weighted by atomic mass is 16.6. The van der Waals surface area contributed by atoms with E-state index in [2.05, 4.69) is 10.6 Å². The van der Waals surface area contributed by atoms with Crippen molar-refractivity contribution in [2.45, 2.75) is 38.5 Å². The van der Waals surface area contributed by atoms with Gasteiger partial charge < -0.3 is 68.2 Å². The molecule has 50 heavy (non-hydrogen) atoms. The average molecular weight is 729 g/mol. The molecule has 0 bridgehead atoms. The van der Waals surface area contributed by atoms with E-state index in [-0.39, 0.29) is 37.5 Å². The number of aliphatic carboxylic acids is 2. The molecule has 18 heteroatoms. The van der Waals surface area contributed by atoms with E-state index in [1.54, 1.807) is 0 Å². The predicted octanol–water partition coefficient (Wildman–Crippen LogP) is -0.105. The van der Waals surface area contributed by atoms with Gasteiger partial charge in [0.15, 0.2) is 0 Å². The third-order valence-electron chi connectivity index (χ3n) is 6.06. The molecule has 0 saturated carbocycles. The van der Waals surface area contributed by atoms with Crippen molar-refractivity contribution in [2.75, 3.05) is 145 Å². The van der Waals surface area contributed by atoms with Crippen LogP contribution >= 0.6 is 0 Å². The summed E-state index contributed by atoms with van der Waals surface area (Å²) in [6.45, 7) is 10.1. The van der Waals surface area contributed by atoms with Gasteiger partial charge in [0.2, 0.25) is 11.8 Å². The molecule has 0 spiro atoms. The SMILES string of the molecule is O=C(O)CCC(=O)NCCCOCCOCCOCCOCCOCCOCCOCCOCCOCCOCCCNC(=O)CCC(=O)O. The van der Waals surface area contributed by atoms with Crippen molar-refractivity contribution in [1.29, 1.82) is 0 Å². The summed E-state index contributed by atoms with van der Waals surface area (Å²) in [5, 5.41) is 22.3. The number of carboxylic acids is 2. The van der Waals surface area contributed by atoms with Crippen LogP contribution in [0.25, 0.3) is 0 Å². The van der Waals surface area contributed by atoms with E-state index < -0.39 is 11.9 Å². The molecular formula is C32H60N2O16. The number of hydrogen-bond donors (Lipinski definition) is 4. The summed E-state index contributed by atoms with van der Waals surface area (Å²) in [6.07, 6.45) is 0.912. The van der Waals surface area contributed by atoms with Crippen molar-refractivity contribution in [3.63, 3.8) is 0 Å². The molecule has 0 rings (SSSR count). The maximum atomic E-state index is 11.4. The Morgan fingerprint density at radius 2 is 0.520 bits per heavy atom. The van der Waals surface area contributed by atoms with Gasteiger partial charge in [-0.15, -0.1) is 0 Å². The van der Waals surface area contributed by atoms with Crippen LogP contribution in [0.15, 0.2) is 0 Å². The zero-order chi connectivity index (χ0) is 36.6. The lowest BCUT2D eigenvalue weighted by molar-refractivity contribution is -0.139. The lowest BCUT2D eigenvalue weighted by atomic mass is 10.3. The number of hydrogen-bond acceptors (Lipinski definition) is 14. The monoisotopic (exact) mass is 728 g/mol. The van der Waals surface area contributed by atoms with Crippen LogP contribution < -0.4 is 10.6 Å². The molecule has 0 heterocycles. The zero-order valence-corrected chi connectivity index (χ0v) is 29.4. The van der Waals surface area contributed by atoms with Crippen LogP contribution in [0.4, 0.5) is 0 Å². The van der Waals surface area contributed by atoms with Gasteiger partial charge >= 0.3 is 11.9 Å². The fourth-order valence-electron chi connectivity index (χ4n) is 3.50. The first-order valence-electron chi connectivity index (χ1n) is 17.2. The number of carbonyl (C=O) groups is 4. The highest BCUT2D eigenvalue weighted by Gasteiger charge is 2.05. The zero-order valence-electron chi connectivity index (χ0n) is 29.4. The molecule has 0 aromatic heterocycles. The summed E-state index contributed by atoms with van der Waals surface area (Å²) in [6, 6.07) is 0. The van der Waals surface area contributed by atoms with Crippen LogP contribution in [-0.2, 0) is 66.5 Å². The van der Waals surface area contributed by atoms with E-state index in [0.717, 1.165) is 0 Å². The first-order chi connectivity index (χ1) is 24.4. The first-order valence-corrected chi connectivity index (χ1v) is 17.2. The van der Waals surface area contributed by atoms with Crippen LogP contribution in [0.3, 0.4) is 0 Å². The number of ether oxygens (including phenoxy) is 10. The predicted molar refractivity (Wildman–Crippen MR) is 177 cm³/mol. The largest absolute Gasteiger partial charge is 0.481 e. The van der Waals surface area contributed by atoms with E-state index in [0.29, 0.717) is 158 Å². The van der Waals surface area contributed by atoms with Crippen LogP contribution in [0.5, 0.6) is 0 Å². The molecule has 0 aromatic rings. The van der Waals surface area contributed by atoms with E-state index >= 15 is 0 Å². The van der Waals surface area contributed by atoms with Crippen LogP contribution in [0, 0.1) is 0 Å². The fourth-order valence-corrected chi connectivity index (χ4v) is 3.50. The lowest BCUT2D eigenvalue weighted by Crippen LogP contribution is -2.25. The van der Waals surface area contributed by atoms with Crippen molar-refractivity contribution < 1.29 is 76.8 Å². The molecular weight excluding hydrogens is 668 g/mol. The van der Waals surface area contributed by atoms with Gasteiger partial charge in [-0.25, -0.2) is 0 Å². The highest BCUT2D eigenvalue weighted by Crippen LogP contribution is 1.91. The molecule has 294 valence electrons. The molecule has 0 aromatic carbocycles. The molecule has 18 nitrogen and oxygen atoms in total. The number of amides is 2. The molecule has 0 fully saturated rings. The van der Waals surface area contributed by atoms with Crippen LogP contribution in [0.2, 0.25) is 0 Å². The third kappa shape index (κ3) is 41.7. The summed E-state index contributed by atoms with van der Waals surface area (Å²) < 4.78 is 54.3. The molecule has 2 amide bonds. The first kappa shape index (κ1) is 47.5. The van der Waals surface area contributed by atoms with E-state index in [1.165, 1.54) is 0 Å². The highest BCUT2D eigenvalue weighted by molar-refractivity contribution is 5.81. The number of carboxylic acid groups (broad SMARTS) is 2. The van der Waals surface area contributed by atoms with Crippen molar-refractivity contribution in [3.8, 4) is 0 Å². The topological polar surface area (TPSA) is 225 Å². The number of carbonyl (C=O) groups excluding carboxylic acids is 2. The lowest BCUT2D eigenvalue weighted by Gasteiger charge is -2.09. The van der Waals surface area contributed by atoms with E-state index in [1.807, 2.05) is 0 Å². The maximum absolute atomic E-state index is 11.4. The van der Waals surface area contributed by atoms with Gasteiger partial charge in [-0.1, -0.05) is 0 Å². The minimum absolute atomic E-state index is 0.0168. The van der Waals surface area contributed by atoms with Gasteiger partial charge in [0.1, 0.15) is 0 Å². The number of nitrogens with one attached hydrogen (secondary N) is 2. The molecule has 0 aliphatic carbocycles. The Kier molecular flexibility index (Phi) is 37.3. The minimum atomic E-state index is -0.989. The molecule has 0 saturated heterocycles. The van der Waals surface area contributed by atoms with Crippen molar-refractivity contribution in [2.24, 2.45) is 0 Å². The van der Waals surface area contributed by atoms with Gasteiger partial charge in [-0.3, -0.25) is 19.2 Å².